The number of aromatic nitrogens is 1. The third kappa shape index (κ3) is 4.23. The highest BCUT2D eigenvalue weighted by Crippen LogP contribution is 2.13. The summed E-state index contributed by atoms with van der Waals surface area (Å²) in [6, 6.07) is 1.84. The Morgan fingerprint density at radius 1 is 1.53 bits per heavy atom. The zero-order valence-corrected chi connectivity index (χ0v) is 11.3. The lowest BCUT2D eigenvalue weighted by atomic mass is 10.2. The summed E-state index contributed by atoms with van der Waals surface area (Å²) in [7, 11) is -3.75. The predicted octanol–water partition coefficient (Wildman–Crippen LogP) is 0.395. The molecule has 0 radical (unpaired) electrons. The van der Waals surface area contributed by atoms with Gasteiger partial charge in [0, 0.05) is 18.7 Å². The van der Waals surface area contributed by atoms with Crippen LogP contribution in [0.15, 0.2) is 23.2 Å². The zero-order valence-electron chi connectivity index (χ0n) is 10.4. The summed E-state index contributed by atoms with van der Waals surface area (Å²) in [6.45, 7) is 2.11. The summed E-state index contributed by atoms with van der Waals surface area (Å²) in [5.41, 5.74) is 5.48. The van der Waals surface area contributed by atoms with E-state index in [0.29, 0.717) is 6.42 Å². The minimum Gasteiger partial charge on any atom is -0.358 e. The topological polar surface area (TPSA) is 128 Å². The fraction of sp³-hybridized carbons (Fsp3) is 0.500. The lowest BCUT2D eigenvalue weighted by molar-refractivity contribution is -0.389. The van der Waals surface area contributed by atoms with E-state index in [-0.39, 0.29) is 17.5 Å². The lowest BCUT2D eigenvalue weighted by Crippen LogP contribution is -2.40. The van der Waals surface area contributed by atoms with E-state index in [4.69, 9.17) is 5.73 Å². The average Bonchev–Trinajstić information content (AvgIpc) is 2.38. The van der Waals surface area contributed by atoms with Crippen LogP contribution in [0.2, 0.25) is 0 Å². The van der Waals surface area contributed by atoms with Gasteiger partial charge in [-0.2, -0.15) is 0 Å². The Hall–Kier alpha value is -1.58. The highest BCUT2D eigenvalue weighted by molar-refractivity contribution is 7.89. The molecule has 0 fully saturated rings. The molecule has 106 valence electrons. The molecule has 8 nitrogen and oxygen atoms in total. The normalized spacial score (nSPS) is 13.2. The zero-order chi connectivity index (χ0) is 14.5. The van der Waals surface area contributed by atoms with Crippen LogP contribution in [-0.2, 0) is 10.0 Å². The van der Waals surface area contributed by atoms with Gasteiger partial charge in [-0.1, -0.05) is 13.3 Å². The number of nitro groups is 1. The summed E-state index contributed by atoms with van der Waals surface area (Å²) in [5.74, 6) is -0.400. The molecule has 0 amide bonds. The molecule has 0 saturated carbocycles. The van der Waals surface area contributed by atoms with Crippen LogP contribution in [0.3, 0.4) is 0 Å². The highest BCUT2D eigenvalue weighted by atomic mass is 32.2. The average molecular weight is 288 g/mol. The van der Waals surface area contributed by atoms with Gasteiger partial charge < -0.3 is 15.8 Å². The van der Waals surface area contributed by atoms with E-state index in [1.165, 1.54) is 0 Å². The second-order valence-corrected chi connectivity index (χ2v) is 5.67. The van der Waals surface area contributed by atoms with Crippen molar-refractivity contribution in [2.75, 3.05) is 6.54 Å². The maximum Gasteiger partial charge on any atom is 0.363 e. The second kappa shape index (κ2) is 6.55. The van der Waals surface area contributed by atoms with Crippen molar-refractivity contribution in [3.05, 3.63) is 28.4 Å². The molecular formula is C10H16N4O4S. The van der Waals surface area contributed by atoms with E-state index in [0.717, 1.165) is 24.8 Å². The summed E-state index contributed by atoms with van der Waals surface area (Å²) >= 11 is 0. The summed E-state index contributed by atoms with van der Waals surface area (Å²) in [6.07, 6.45) is 2.37. The van der Waals surface area contributed by atoms with Gasteiger partial charge in [-0.05, 0) is 22.4 Å². The first-order chi connectivity index (χ1) is 8.90. The largest absolute Gasteiger partial charge is 0.363 e. The van der Waals surface area contributed by atoms with Crippen LogP contribution in [0.5, 0.6) is 0 Å². The van der Waals surface area contributed by atoms with Crippen molar-refractivity contribution in [2.24, 2.45) is 5.73 Å². The van der Waals surface area contributed by atoms with Gasteiger partial charge in [0.05, 0.1) is 0 Å². The number of rotatable bonds is 7. The van der Waals surface area contributed by atoms with Crippen molar-refractivity contribution in [2.45, 2.75) is 30.7 Å². The molecule has 0 aliphatic heterocycles. The first kappa shape index (κ1) is 15.5. The SMILES string of the molecule is CCCC(CN)NS(=O)(=O)c1ccc([N+](=O)[O-])nc1. The summed E-state index contributed by atoms with van der Waals surface area (Å²) in [4.78, 5) is 13.1. The van der Waals surface area contributed by atoms with Crippen molar-refractivity contribution in [3.8, 4) is 0 Å². The molecule has 19 heavy (non-hydrogen) atoms. The molecule has 3 N–H and O–H groups in total. The van der Waals surface area contributed by atoms with Crippen molar-refractivity contribution in [1.82, 2.24) is 9.71 Å². The van der Waals surface area contributed by atoms with Crippen molar-refractivity contribution in [1.29, 1.82) is 0 Å². The summed E-state index contributed by atoms with van der Waals surface area (Å²) < 4.78 is 26.4. The van der Waals surface area contributed by atoms with E-state index in [1.54, 1.807) is 0 Å². The van der Waals surface area contributed by atoms with Gasteiger partial charge in [-0.3, -0.25) is 0 Å². The smallest absolute Gasteiger partial charge is 0.358 e. The standard InChI is InChI=1S/C10H16N4O4S/c1-2-3-8(6-11)13-19(17,18)9-4-5-10(12-7-9)14(15)16/h4-5,7-8,13H,2-3,6,11H2,1H3. The van der Waals surface area contributed by atoms with Crippen LogP contribution >= 0.6 is 0 Å². The Balaban J connectivity index is 2.90. The molecule has 0 spiro atoms. The molecule has 0 aliphatic carbocycles. The predicted molar refractivity (Wildman–Crippen MR) is 69.0 cm³/mol. The first-order valence-electron chi connectivity index (χ1n) is 5.73. The van der Waals surface area contributed by atoms with Crippen LogP contribution in [0.1, 0.15) is 19.8 Å². The van der Waals surface area contributed by atoms with E-state index >= 15 is 0 Å². The monoisotopic (exact) mass is 288 g/mol. The Bertz CT molecular complexity index is 529. The number of hydrogen-bond donors (Lipinski definition) is 2. The minimum absolute atomic E-state index is 0.118. The number of sulfonamides is 1. The Labute approximate surface area is 111 Å². The number of hydrogen-bond acceptors (Lipinski definition) is 6. The molecule has 0 aliphatic rings. The van der Waals surface area contributed by atoms with Gasteiger partial charge in [0.25, 0.3) is 0 Å². The first-order valence-corrected chi connectivity index (χ1v) is 7.22. The Morgan fingerprint density at radius 2 is 2.21 bits per heavy atom. The third-order valence-electron chi connectivity index (χ3n) is 2.46. The Kier molecular flexibility index (Phi) is 5.33. The molecule has 1 rings (SSSR count). The van der Waals surface area contributed by atoms with Crippen LogP contribution in [0.25, 0.3) is 0 Å². The molecule has 1 heterocycles. The van der Waals surface area contributed by atoms with Gasteiger partial charge in [-0.15, -0.1) is 0 Å². The van der Waals surface area contributed by atoms with Crippen molar-refractivity contribution < 1.29 is 13.3 Å². The number of nitrogens with two attached hydrogens (primary N) is 1. The number of nitrogens with one attached hydrogen (secondary N) is 1. The number of nitrogens with zero attached hydrogens (tertiary/aromatic N) is 2. The summed E-state index contributed by atoms with van der Waals surface area (Å²) in [5, 5.41) is 10.4. The van der Waals surface area contributed by atoms with E-state index < -0.39 is 20.8 Å². The molecule has 0 aromatic carbocycles. The maximum atomic E-state index is 12.0. The van der Waals surface area contributed by atoms with Crippen molar-refractivity contribution in [3.63, 3.8) is 0 Å². The third-order valence-corrected chi connectivity index (χ3v) is 3.97. The fourth-order valence-corrected chi connectivity index (χ4v) is 2.73. The van der Waals surface area contributed by atoms with E-state index in [2.05, 4.69) is 9.71 Å². The second-order valence-electron chi connectivity index (χ2n) is 3.95. The molecule has 1 atom stereocenters. The van der Waals surface area contributed by atoms with E-state index in [1.807, 2.05) is 6.92 Å². The van der Waals surface area contributed by atoms with Gasteiger partial charge in [0.2, 0.25) is 10.0 Å². The van der Waals surface area contributed by atoms with Gasteiger partial charge >= 0.3 is 5.82 Å². The van der Waals surface area contributed by atoms with Gasteiger partial charge in [0.1, 0.15) is 4.90 Å². The highest BCUT2D eigenvalue weighted by Gasteiger charge is 2.21. The Morgan fingerprint density at radius 3 is 2.63 bits per heavy atom. The fourth-order valence-electron chi connectivity index (χ4n) is 1.50. The minimum atomic E-state index is -3.75. The van der Waals surface area contributed by atoms with Crippen LogP contribution in [0, 0.1) is 10.1 Å². The van der Waals surface area contributed by atoms with Crippen LogP contribution in [-0.4, -0.2) is 30.9 Å². The molecular weight excluding hydrogens is 272 g/mol. The van der Waals surface area contributed by atoms with E-state index in [9.17, 15) is 18.5 Å². The molecule has 0 saturated heterocycles. The maximum absolute atomic E-state index is 12.0. The van der Waals surface area contributed by atoms with Gasteiger partial charge in [-0.25, -0.2) is 13.1 Å². The van der Waals surface area contributed by atoms with Crippen molar-refractivity contribution >= 4 is 15.8 Å². The molecule has 1 unspecified atom stereocenters. The lowest BCUT2D eigenvalue weighted by Gasteiger charge is -2.15. The van der Waals surface area contributed by atoms with Crippen LogP contribution < -0.4 is 10.5 Å². The van der Waals surface area contributed by atoms with Crippen LogP contribution in [0.4, 0.5) is 5.82 Å². The quantitative estimate of drug-likeness (QED) is 0.552. The van der Waals surface area contributed by atoms with Gasteiger partial charge in [0.15, 0.2) is 6.20 Å². The number of pyridine rings is 1. The molecule has 1 aromatic heterocycles. The molecule has 0 bridgehead atoms. The molecule has 1 aromatic rings. The molecule has 9 heteroatoms.